The molecule has 0 unspecified atom stereocenters. The Kier molecular flexibility index (Phi) is 13.8. The van der Waals surface area contributed by atoms with Crippen molar-refractivity contribution in [2.75, 3.05) is 45.0 Å². The van der Waals surface area contributed by atoms with Gasteiger partial charge in [-0.05, 0) is 115 Å². The first-order valence-corrected chi connectivity index (χ1v) is 28.6. The molecule has 4 amide bonds. The molecule has 3 aromatic carbocycles. The zero-order valence-electron chi connectivity index (χ0n) is 42.3. The summed E-state index contributed by atoms with van der Waals surface area (Å²) in [5.41, 5.74) is 8.31. The Bertz CT molecular complexity index is 2720. The van der Waals surface area contributed by atoms with Gasteiger partial charge in [0.15, 0.2) is 0 Å². The van der Waals surface area contributed by atoms with Crippen LogP contribution >= 0.6 is 0 Å². The zero-order chi connectivity index (χ0) is 49.6. The van der Waals surface area contributed by atoms with Crippen LogP contribution in [0.2, 0.25) is 19.1 Å². The van der Waals surface area contributed by atoms with Crippen LogP contribution in [0.4, 0.5) is 15.3 Å². The van der Waals surface area contributed by atoms with E-state index >= 15 is 0 Å². The highest BCUT2D eigenvalue weighted by Gasteiger charge is 2.47. The first kappa shape index (κ1) is 49.1. The first-order valence-electron chi connectivity index (χ1n) is 25.2. The maximum atomic E-state index is 14.6. The lowest BCUT2D eigenvalue weighted by Crippen LogP contribution is -2.53. The van der Waals surface area contributed by atoms with Crippen molar-refractivity contribution in [1.29, 1.82) is 0 Å². The first-order chi connectivity index (χ1) is 33.4. The molecule has 0 bridgehead atoms. The highest BCUT2D eigenvalue weighted by atomic mass is 28.3. The average molecular weight is 974 g/mol. The van der Waals surface area contributed by atoms with Crippen molar-refractivity contribution in [3.8, 4) is 0 Å². The second-order valence-electron chi connectivity index (χ2n) is 22.1. The molecule has 4 aliphatic heterocycles. The molecule has 374 valence electrons. The molecule has 4 saturated heterocycles. The van der Waals surface area contributed by atoms with E-state index in [0.29, 0.717) is 38.8 Å². The molecule has 17 heteroatoms. The monoisotopic (exact) mass is 974 g/mol. The third kappa shape index (κ3) is 9.88. The minimum absolute atomic E-state index is 0.00293. The number of anilines is 1. The van der Waals surface area contributed by atoms with Crippen LogP contribution in [0.15, 0.2) is 60.7 Å². The minimum atomic E-state index is -1.85. The predicted octanol–water partition coefficient (Wildman–Crippen LogP) is 9.15. The number of hydrogen-bond donors (Lipinski definition) is 4. The summed E-state index contributed by atoms with van der Waals surface area (Å²) in [5, 5.41) is 5.65. The highest BCUT2D eigenvalue weighted by molar-refractivity contribution is 6.78. The number of nitrogens with zero attached hydrogens (tertiary/aromatic N) is 5. The average Bonchev–Trinajstić information content (AvgIpc) is 4.20. The number of alkyl carbamates (subject to hydrolysis) is 2. The van der Waals surface area contributed by atoms with Gasteiger partial charge in [-0.3, -0.25) is 9.59 Å². The van der Waals surface area contributed by atoms with Crippen molar-refractivity contribution in [1.82, 2.24) is 40.4 Å². The summed E-state index contributed by atoms with van der Waals surface area (Å²) in [7, 11) is 0.782. The van der Waals surface area contributed by atoms with E-state index in [-0.39, 0.29) is 53.2 Å². The number of methoxy groups -OCH3 is 2. The summed E-state index contributed by atoms with van der Waals surface area (Å²) in [6.07, 6.45) is 4.28. The highest BCUT2D eigenvalue weighted by Crippen LogP contribution is 2.48. The van der Waals surface area contributed by atoms with E-state index in [4.69, 9.17) is 24.2 Å². The Morgan fingerprint density at radius 3 is 1.86 bits per heavy atom. The maximum Gasteiger partial charge on any atom is 0.407 e. The van der Waals surface area contributed by atoms with E-state index in [0.717, 1.165) is 71.1 Å². The smallest absolute Gasteiger partial charge is 0.407 e. The van der Waals surface area contributed by atoms with Crippen LogP contribution in [0.3, 0.4) is 0 Å². The molecule has 5 aromatic rings. The van der Waals surface area contributed by atoms with Crippen LogP contribution in [0.25, 0.3) is 22.1 Å². The Balaban J connectivity index is 1.01. The van der Waals surface area contributed by atoms with Crippen molar-refractivity contribution >= 4 is 59.8 Å². The van der Waals surface area contributed by atoms with E-state index in [2.05, 4.69) is 120 Å². The van der Waals surface area contributed by atoms with Crippen molar-refractivity contribution in [2.24, 2.45) is 11.8 Å². The van der Waals surface area contributed by atoms with Gasteiger partial charge in [0.2, 0.25) is 11.8 Å². The summed E-state index contributed by atoms with van der Waals surface area (Å²) in [6, 6.07) is 21.2. The van der Waals surface area contributed by atoms with Gasteiger partial charge in [-0.25, -0.2) is 19.6 Å². The zero-order valence-corrected chi connectivity index (χ0v) is 43.3. The number of aromatic amines is 2. The SMILES string of the molecule is COC(=O)N[C@H](C(=O)N1CCC[C@H]1c1nc2ccc([C@H]3CC[C@H](c4ccc5nc([C@@H]6C[Si](C)(C)CN6C(=O)[C@@H](NC(=O)OC)C6CCOCC6)[nH]c5c4)N3c3ccc(C(C)(C)C)cc3)cc2[nH]1)C(C)C. The Hall–Kier alpha value is -5.94. The van der Waals surface area contributed by atoms with E-state index in [1.165, 1.54) is 30.9 Å². The number of nitrogens with one attached hydrogen (secondary N) is 4. The number of H-pyrrole nitrogens is 2. The van der Waals surface area contributed by atoms with Gasteiger partial charge in [0.25, 0.3) is 0 Å². The van der Waals surface area contributed by atoms with Gasteiger partial charge in [-0.15, -0.1) is 0 Å². The molecular formula is C53H71N9O7Si. The summed E-state index contributed by atoms with van der Waals surface area (Å²) in [5.74, 6) is 1.13. The lowest BCUT2D eigenvalue weighted by atomic mass is 9.87. The number of rotatable bonds is 11. The van der Waals surface area contributed by atoms with Crippen LogP contribution < -0.4 is 15.5 Å². The molecule has 70 heavy (non-hydrogen) atoms. The number of hydrogen-bond acceptors (Lipinski definition) is 10. The van der Waals surface area contributed by atoms with E-state index in [1.54, 1.807) is 0 Å². The number of imidazole rings is 2. The second-order valence-corrected chi connectivity index (χ2v) is 27.1. The molecule has 4 aliphatic rings. The summed E-state index contributed by atoms with van der Waals surface area (Å²) in [4.78, 5) is 77.3. The molecule has 0 aliphatic carbocycles. The van der Waals surface area contributed by atoms with Gasteiger partial charge >= 0.3 is 12.2 Å². The van der Waals surface area contributed by atoms with Gasteiger partial charge in [-0.1, -0.05) is 72.0 Å². The molecule has 0 saturated carbocycles. The molecule has 0 radical (unpaired) electrons. The van der Waals surface area contributed by atoms with Crippen molar-refractivity contribution in [3.63, 3.8) is 0 Å². The van der Waals surface area contributed by atoms with Crippen LogP contribution in [0.5, 0.6) is 0 Å². The fourth-order valence-electron chi connectivity index (χ4n) is 11.5. The fourth-order valence-corrected chi connectivity index (χ4v) is 14.4. The molecule has 4 N–H and O–H groups in total. The van der Waals surface area contributed by atoms with Crippen LogP contribution in [-0.4, -0.2) is 114 Å². The molecule has 0 spiro atoms. The Morgan fingerprint density at radius 1 is 0.729 bits per heavy atom. The van der Waals surface area contributed by atoms with E-state index in [1.807, 2.05) is 23.6 Å². The van der Waals surface area contributed by atoms with Gasteiger partial charge < -0.3 is 49.5 Å². The predicted molar refractivity (Wildman–Crippen MR) is 272 cm³/mol. The summed E-state index contributed by atoms with van der Waals surface area (Å²) >= 11 is 0. The molecule has 9 rings (SSSR count). The third-order valence-electron chi connectivity index (χ3n) is 15.3. The van der Waals surface area contributed by atoms with Crippen molar-refractivity contribution < 1.29 is 33.4 Å². The maximum absolute atomic E-state index is 14.6. The molecule has 6 atom stereocenters. The van der Waals surface area contributed by atoms with E-state index in [9.17, 15) is 19.2 Å². The number of benzene rings is 3. The fraction of sp³-hybridized carbons (Fsp3) is 0.547. The van der Waals surface area contributed by atoms with Gasteiger partial charge in [0, 0.05) is 31.6 Å². The Labute approximate surface area is 412 Å². The van der Waals surface area contributed by atoms with Gasteiger partial charge in [-0.2, -0.15) is 0 Å². The molecule has 2 aromatic heterocycles. The number of amides is 4. The Morgan fingerprint density at radius 2 is 1.30 bits per heavy atom. The second kappa shape index (κ2) is 19.7. The number of carbonyl (C=O) groups is 4. The lowest BCUT2D eigenvalue weighted by Gasteiger charge is -2.34. The minimum Gasteiger partial charge on any atom is -0.453 e. The van der Waals surface area contributed by atoms with Crippen molar-refractivity contribution in [2.45, 2.75) is 134 Å². The lowest BCUT2D eigenvalue weighted by molar-refractivity contribution is -0.136. The number of fused-ring (bicyclic) bond motifs is 2. The normalized spacial score (nSPS) is 22.7. The molecule has 4 fully saturated rings. The standard InChI is InChI=1S/C53H71N9O7Si/c1-31(2)45(58-51(65)67-6)49(63)60-24-10-11-43(60)47-54-37-18-12-33(27-39(37)56-47)41-20-21-42(62(41)36-16-14-35(15-17-36)53(3,4)5)34-13-19-38-40(28-34)57-48(55-38)44-29-70(8,9)30-61(44)50(64)46(59-52(66)68-7)32-22-25-69-26-23-32/h12-19,27-28,31-32,41-46H,10-11,20-26,29-30H2,1-9H3,(H,54,56)(H,55,57)(H,58,65)(H,59,66)/t41-,42-,43+,44+,45+,46+/m1/s1. The van der Waals surface area contributed by atoms with Crippen molar-refractivity contribution in [3.05, 3.63) is 89.0 Å². The third-order valence-corrected chi connectivity index (χ3v) is 17.9. The van der Waals surface area contributed by atoms with Crippen LogP contribution in [-0.2, 0) is 29.2 Å². The van der Waals surface area contributed by atoms with Gasteiger partial charge in [0.05, 0.1) is 68.5 Å². The van der Waals surface area contributed by atoms with Crippen LogP contribution in [0, 0.1) is 11.8 Å². The van der Waals surface area contributed by atoms with E-state index < -0.39 is 32.3 Å². The quantitative estimate of drug-likeness (QED) is 0.0930. The summed E-state index contributed by atoms with van der Waals surface area (Å²) < 4.78 is 15.5. The number of carbonyl (C=O) groups excluding carboxylic acids is 4. The number of ether oxygens (including phenoxy) is 3. The largest absolute Gasteiger partial charge is 0.453 e. The van der Waals surface area contributed by atoms with Crippen LogP contribution in [0.1, 0.15) is 126 Å². The van der Waals surface area contributed by atoms with Gasteiger partial charge in [0.1, 0.15) is 23.7 Å². The molecular weight excluding hydrogens is 903 g/mol. The molecule has 6 heterocycles. The summed E-state index contributed by atoms with van der Waals surface area (Å²) in [6.45, 7) is 16.9. The number of aromatic nitrogens is 4. The molecule has 16 nitrogen and oxygen atoms in total. The topological polar surface area (TPSA) is 187 Å². The number of likely N-dealkylation sites (tertiary alicyclic amines) is 1.